The molecule has 19 heavy (non-hydrogen) atoms. The summed E-state index contributed by atoms with van der Waals surface area (Å²) in [6.45, 7) is -0.894. The first-order valence-electron chi connectivity index (χ1n) is 6.19. The molecule has 0 saturated heterocycles. The number of rotatable bonds is 5. The minimum atomic E-state index is -4.25. The van der Waals surface area contributed by atoms with Crippen LogP contribution in [0.2, 0.25) is 0 Å². The summed E-state index contributed by atoms with van der Waals surface area (Å²) in [5.74, 6) is -0.409. The molecule has 0 bridgehead atoms. The van der Waals surface area contributed by atoms with Crippen LogP contribution in [0.4, 0.5) is 17.6 Å². The minimum Gasteiger partial charge on any atom is -0.329 e. The van der Waals surface area contributed by atoms with Gasteiger partial charge in [0.15, 0.2) is 0 Å². The zero-order valence-electron chi connectivity index (χ0n) is 10.3. The average molecular weight is 276 g/mol. The van der Waals surface area contributed by atoms with Crippen molar-refractivity contribution in [2.45, 2.75) is 31.1 Å². The summed E-state index contributed by atoms with van der Waals surface area (Å²) in [7, 11) is 0. The minimum absolute atomic E-state index is 0.0692. The Morgan fingerprint density at radius 2 is 1.79 bits per heavy atom. The number of hydrogen-bond acceptors (Lipinski definition) is 2. The maximum Gasteiger partial charge on any atom is 0.401 e. The second kappa shape index (κ2) is 5.46. The molecule has 1 fully saturated rings. The maximum absolute atomic E-state index is 12.9. The Morgan fingerprint density at radius 1 is 1.21 bits per heavy atom. The number of hydrogen-bond donors (Lipinski definition) is 1. The number of nitrogens with two attached hydrogens (primary N) is 1. The van der Waals surface area contributed by atoms with E-state index in [0.717, 1.165) is 12.8 Å². The highest BCUT2D eigenvalue weighted by molar-refractivity contribution is 5.21. The molecule has 1 aromatic rings. The van der Waals surface area contributed by atoms with Gasteiger partial charge >= 0.3 is 6.18 Å². The first-order chi connectivity index (χ1) is 8.90. The molecule has 0 aromatic heterocycles. The van der Waals surface area contributed by atoms with Crippen LogP contribution in [0.5, 0.6) is 0 Å². The molecule has 6 heteroatoms. The van der Waals surface area contributed by atoms with Gasteiger partial charge in [-0.15, -0.1) is 0 Å². The van der Waals surface area contributed by atoms with Gasteiger partial charge in [0.25, 0.3) is 0 Å². The van der Waals surface area contributed by atoms with Gasteiger partial charge in [-0.1, -0.05) is 12.1 Å². The number of benzene rings is 1. The molecular formula is C13H16F4N2. The van der Waals surface area contributed by atoms with Crippen molar-refractivity contribution in [2.75, 3.05) is 13.1 Å². The molecule has 0 aliphatic heterocycles. The van der Waals surface area contributed by atoms with Crippen LogP contribution in [-0.4, -0.2) is 30.2 Å². The van der Waals surface area contributed by atoms with E-state index in [9.17, 15) is 17.6 Å². The fourth-order valence-corrected chi connectivity index (χ4v) is 2.25. The van der Waals surface area contributed by atoms with Gasteiger partial charge in [0.05, 0.1) is 6.54 Å². The summed E-state index contributed by atoms with van der Waals surface area (Å²) in [4.78, 5) is 1.38. The van der Waals surface area contributed by atoms with Gasteiger partial charge in [0, 0.05) is 18.6 Å². The van der Waals surface area contributed by atoms with Crippen molar-refractivity contribution >= 4 is 0 Å². The average Bonchev–Trinajstić information content (AvgIpc) is 3.13. The van der Waals surface area contributed by atoms with Crippen LogP contribution >= 0.6 is 0 Å². The molecule has 0 heterocycles. The Balaban J connectivity index is 2.19. The molecule has 1 aliphatic carbocycles. The van der Waals surface area contributed by atoms with Crippen molar-refractivity contribution in [1.29, 1.82) is 0 Å². The van der Waals surface area contributed by atoms with E-state index < -0.39 is 24.6 Å². The molecule has 106 valence electrons. The lowest BCUT2D eigenvalue weighted by atomic mass is 10.0. The molecular weight excluding hydrogens is 260 g/mol. The lowest BCUT2D eigenvalue weighted by molar-refractivity contribution is -0.152. The Labute approximate surface area is 109 Å². The zero-order chi connectivity index (χ0) is 14.0. The topological polar surface area (TPSA) is 29.3 Å². The smallest absolute Gasteiger partial charge is 0.329 e. The maximum atomic E-state index is 12.9. The lowest BCUT2D eigenvalue weighted by Gasteiger charge is -2.32. The van der Waals surface area contributed by atoms with E-state index in [1.807, 2.05) is 0 Å². The van der Waals surface area contributed by atoms with Crippen molar-refractivity contribution in [3.63, 3.8) is 0 Å². The first kappa shape index (κ1) is 14.3. The first-order valence-corrected chi connectivity index (χ1v) is 6.19. The van der Waals surface area contributed by atoms with E-state index in [2.05, 4.69) is 0 Å². The molecule has 2 nitrogen and oxygen atoms in total. The zero-order valence-corrected chi connectivity index (χ0v) is 10.3. The highest BCUT2D eigenvalue weighted by Gasteiger charge is 2.41. The van der Waals surface area contributed by atoms with Crippen LogP contribution in [0.1, 0.15) is 24.4 Å². The number of halogens is 4. The van der Waals surface area contributed by atoms with Gasteiger partial charge in [-0.3, -0.25) is 4.90 Å². The van der Waals surface area contributed by atoms with E-state index in [0.29, 0.717) is 5.56 Å². The fraction of sp³-hybridized carbons (Fsp3) is 0.538. The van der Waals surface area contributed by atoms with E-state index in [1.54, 1.807) is 0 Å². The largest absolute Gasteiger partial charge is 0.401 e. The van der Waals surface area contributed by atoms with E-state index >= 15 is 0 Å². The van der Waals surface area contributed by atoms with Gasteiger partial charge in [-0.05, 0) is 30.5 Å². The summed E-state index contributed by atoms with van der Waals surface area (Å²) >= 11 is 0. The molecule has 0 radical (unpaired) electrons. The van der Waals surface area contributed by atoms with Crippen molar-refractivity contribution in [2.24, 2.45) is 5.73 Å². The van der Waals surface area contributed by atoms with E-state index in [1.165, 1.54) is 29.2 Å². The van der Waals surface area contributed by atoms with Crippen LogP contribution in [0.25, 0.3) is 0 Å². The molecule has 2 N–H and O–H groups in total. The molecule has 0 spiro atoms. The highest BCUT2D eigenvalue weighted by atomic mass is 19.4. The Hall–Kier alpha value is -1.14. The molecule has 1 aromatic carbocycles. The third-order valence-electron chi connectivity index (χ3n) is 3.26. The summed E-state index contributed by atoms with van der Waals surface area (Å²) in [6.07, 6.45) is -2.74. The Morgan fingerprint density at radius 3 is 2.21 bits per heavy atom. The summed E-state index contributed by atoms with van der Waals surface area (Å²) in [5.41, 5.74) is 6.25. The Kier molecular flexibility index (Phi) is 4.10. The molecule has 2 rings (SSSR count). The molecule has 1 saturated carbocycles. The van der Waals surface area contributed by atoms with Crippen LogP contribution in [-0.2, 0) is 0 Å². The standard InChI is InChI=1S/C13H16F4N2/c14-10-3-1-9(2-4-10)12(7-18)19(11-5-6-11)8-13(15,16)17/h1-4,11-12H,5-8,18H2. The molecule has 1 atom stereocenters. The Bertz CT molecular complexity index is 412. The quantitative estimate of drug-likeness (QED) is 0.838. The van der Waals surface area contributed by atoms with Gasteiger partial charge in [-0.25, -0.2) is 4.39 Å². The predicted molar refractivity (Wildman–Crippen MR) is 64.0 cm³/mol. The molecule has 1 unspecified atom stereocenters. The van der Waals surface area contributed by atoms with Gasteiger partial charge in [-0.2, -0.15) is 13.2 Å². The third-order valence-corrected chi connectivity index (χ3v) is 3.26. The number of alkyl halides is 3. The highest BCUT2D eigenvalue weighted by Crippen LogP contribution is 2.36. The second-order valence-corrected chi connectivity index (χ2v) is 4.82. The van der Waals surface area contributed by atoms with Crippen LogP contribution in [0.3, 0.4) is 0 Å². The van der Waals surface area contributed by atoms with E-state index in [-0.39, 0.29) is 12.6 Å². The molecule has 0 amide bonds. The monoisotopic (exact) mass is 276 g/mol. The van der Waals surface area contributed by atoms with Gasteiger partial charge < -0.3 is 5.73 Å². The fourth-order valence-electron chi connectivity index (χ4n) is 2.25. The van der Waals surface area contributed by atoms with Crippen LogP contribution in [0, 0.1) is 5.82 Å². The van der Waals surface area contributed by atoms with E-state index in [4.69, 9.17) is 5.73 Å². The normalized spacial score (nSPS) is 17.8. The summed E-state index contributed by atoms with van der Waals surface area (Å²) in [5, 5.41) is 0. The third kappa shape index (κ3) is 3.91. The van der Waals surface area contributed by atoms with Gasteiger partial charge in [0.2, 0.25) is 0 Å². The van der Waals surface area contributed by atoms with Crippen molar-refractivity contribution < 1.29 is 17.6 Å². The summed E-state index contributed by atoms with van der Waals surface area (Å²) in [6, 6.07) is 4.90. The lowest BCUT2D eigenvalue weighted by Crippen LogP contribution is -2.41. The second-order valence-electron chi connectivity index (χ2n) is 4.82. The van der Waals surface area contributed by atoms with Crippen molar-refractivity contribution in [3.05, 3.63) is 35.6 Å². The summed E-state index contributed by atoms with van der Waals surface area (Å²) < 4.78 is 50.8. The molecule has 1 aliphatic rings. The van der Waals surface area contributed by atoms with Crippen LogP contribution in [0.15, 0.2) is 24.3 Å². The van der Waals surface area contributed by atoms with Crippen molar-refractivity contribution in [1.82, 2.24) is 4.90 Å². The predicted octanol–water partition coefficient (Wildman–Crippen LogP) is 2.85. The van der Waals surface area contributed by atoms with Crippen LogP contribution < -0.4 is 5.73 Å². The van der Waals surface area contributed by atoms with Crippen molar-refractivity contribution in [3.8, 4) is 0 Å². The number of nitrogens with zero attached hydrogens (tertiary/aromatic N) is 1. The van der Waals surface area contributed by atoms with Gasteiger partial charge in [0.1, 0.15) is 5.82 Å². The SMILES string of the molecule is NCC(c1ccc(F)cc1)N(CC(F)(F)F)C1CC1.